The average Bonchev–Trinajstić information content (AvgIpc) is 2.53. The summed E-state index contributed by atoms with van der Waals surface area (Å²) in [5, 5.41) is 4.46. The summed E-state index contributed by atoms with van der Waals surface area (Å²) in [4.78, 5) is 0. The predicted octanol–water partition coefficient (Wildman–Crippen LogP) is 1.70. The van der Waals surface area contributed by atoms with E-state index in [9.17, 15) is 0 Å². The van der Waals surface area contributed by atoms with Crippen molar-refractivity contribution in [1.29, 1.82) is 0 Å². The van der Waals surface area contributed by atoms with Gasteiger partial charge in [0.15, 0.2) is 0 Å². The molecule has 0 bridgehead atoms. The van der Waals surface area contributed by atoms with Crippen LogP contribution in [0.3, 0.4) is 0 Å². The van der Waals surface area contributed by atoms with E-state index in [4.69, 9.17) is 5.73 Å². The van der Waals surface area contributed by atoms with Crippen LogP contribution < -0.4 is 5.73 Å². The van der Waals surface area contributed by atoms with Crippen molar-refractivity contribution in [3.05, 3.63) is 18.0 Å². The normalized spacial score (nSPS) is 13.5. The first-order valence-electron chi connectivity index (χ1n) is 4.92. The average molecular weight is 213 g/mol. The monoisotopic (exact) mass is 213 g/mol. The number of hydrogen-bond acceptors (Lipinski definition) is 3. The molecule has 1 heterocycles. The van der Waals surface area contributed by atoms with Crippen molar-refractivity contribution in [3.63, 3.8) is 0 Å². The van der Waals surface area contributed by atoms with Gasteiger partial charge < -0.3 is 5.73 Å². The second kappa shape index (κ2) is 5.41. The van der Waals surface area contributed by atoms with E-state index >= 15 is 0 Å². The third kappa shape index (κ3) is 3.35. The number of hydrogen-bond donors (Lipinski definition) is 1. The molecule has 0 aliphatic carbocycles. The third-order valence-corrected chi connectivity index (χ3v) is 2.81. The van der Waals surface area contributed by atoms with Gasteiger partial charge in [0.25, 0.3) is 0 Å². The van der Waals surface area contributed by atoms with E-state index in [0.717, 1.165) is 17.9 Å². The minimum atomic E-state index is 0.223. The Morgan fingerprint density at radius 3 is 2.79 bits per heavy atom. The van der Waals surface area contributed by atoms with Crippen LogP contribution in [0.15, 0.2) is 12.3 Å². The highest BCUT2D eigenvalue weighted by Gasteiger charge is 2.06. The van der Waals surface area contributed by atoms with Crippen molar-refractivity contribution in [2.75, 3.05) is 12.0 Å². The SMILES string of the molecule is CSCC(N)Cc1ccn(C(C)C)n1. The number of nitrogens with zero attached hydrogens (tertiary/aromatic N) is 2. The Morgan fingerprint density at radius 1 is 1.57 bits per heavy atom. The summed E-state index contributed by atoms with van der Waals surface area (Å²) < 4.78 is 1.97. The van der Waals surface area contributed by atoms with Gasteiger partial charge in [0.1, 0.15) is 0 Å². The topological polar surface area (TPSA) is 43.8 Å². The zero-order valence-electron chi connectivity index (χ0n) is 9.10. The molecule has 0 amide bonds. The Balaban J connectivity index is 2.51. The van der Waals surface area contributed by atoms with Crippen molar-refractivity contribution < 1.29 is 0 Å². The van der Waals surface area contributed by atoms with Crippen LogP contribution in [0.25, 0.3) is 0 Å². The van der Waals surface area contributed by atoms with Gasteiger partial charge in [-0.05, 0) is 26.2 Å². The zero-order valence-corrected chi connectivity index (χ0v) is 9.92. The van der Waals surface area contributed by atoms with Crippen LogP contribution in [-0.2, 0) is 6.42 Å². The zero-order chi connectivity index (χ0) is 10.6. The van der Waals surface area contributed by atoms with Crippen molar-refractivity contribution in [2.45, 2.75) is 32.4 Å². The molecule has 0 spiro atoms. The lowest BCUT2D eigenvalue weighted by Gasteiger charge is -2.07. The second-order valence-corrected chi connectivity index (χ2v) is 4.71. The Bertz CT molecular complexity index is 270. The highest BCUT2D eigenvalue weighted by atomic mass is 32.2. The largest absolute Gasteiger partial charge is 0.327 e. The molecule has 80 valence electrons. The van der Waals surface area contributed by atoms with Crippen molar-refractivity contribution in [3.8, 4) is 0 Å². The molecule has 1 aromatic heterocycles. The Hall–Kier alpha value is -0.480. The van der Waals surface area contributed by atoms with Gasteiger partial charge in [0.2, 0.25) is 0 Å². The van der Waals surface area contributed by atoms with E-state index in [0.29, 0.717) is 6.04 Å². The molecule has 1 atom stereocenters. The molecular weight excluding hydrogens is 194 g/mol. The molecule has 0 aromatic carbocycles. The van der Waals surface area contributed by atoms with Crippen LogP contribution in [-0.4, -0.2) is 27.8 Å². The van der Waals surface area contributed by atoms with E-state index in [1.165, 1.54) is 0 Å². The summed E-state index contributed by atoms with van der Waals surface area (Å²) in [5.41, 5.74) is 7.03. The Morgan fingerprint density at radius 2 is 2.29 bits per heavy atom. The number of rotatable bonds is 5. The van der Waals surface area contributed by atoms with Crippen LogP contribution in [0.2, 0.25) is 0 Å². The summed E-state index contributed by atoms with van der Waals surface area (Å²) >= 11 is 1.78. The van der Waals surface area contributed by atoms with Gasteiger partial charge in [-0.2, -0.15) is 16.9 Å². The lowest BCUT2D eigenvalue weighted by Crippen LogP contribution is -2.25. The Labute approximate surface area is 90.1 Å². The van der Waals surface area contributed by atoms with Gasteiger partial charge in [-0.3, -0.25) is 4.68 Å². The fourth-order valence-electron chi connectivity index (χ4n) is 1.32. The molecule has 0 aliphatic rings. The number of aromatic nitrogens is 2. The van der Waals surface area contributed by atoms with Gasteiger partial charge in [-0.25, -0.2) is 0 Å². The maximum Gasteiger partial charge on any atom is 0.0640 e. The standard InChI is InChI=1S/C10H19N3S/c1-8(2)13-5-4-10(12-13)6-9(11)7-14-3/h4-5,8-9H,6-7,11H2,1-3H3. The van der Waals surface area contributed by atoms with Gasteiger partial charge in [-0.1, -0.05) is 0 Å². The lowest BCUT2D eigenvalue weighted by atomic mass is 10.2. The van der Waals surface area contributed by atoms with E-state index in [-0.39, 0.29) is 6.04 Å². The second-order valence-electron chi connectivity index (χ2n) is 3.80. The summed E-state index contributed by atoms with van der Waals surface area (Å²) in [5.74, 6) is 0.995. The van der Waals surface area contributed by atoms with E-state index in [1.54, 1.807) is 11.8 Å². The number of nitrogens with two attached hydrogens (primary N) is 1. The molecular formula is C10H19N3S. The molecule has 1 unspecified atom stereocenters. The highest BCUT2D eigenvalue weighted by Crippen LogP contribution is 2.07. The fraction of sp³-hybridized carbons (Fsp3) is 0.700. The third-order valence-electron chi connectivity index (χ3n) is 2.04. The van der Waals surface area contributed by atoms with Crippen LogP contribution in [0.4, 0.5) is 0 Å². The molecule has 2 N–H and O–H groups in total. The highest BCUT2D eigenvalue weighted by molar-refractivity contribution is 7.98. The summed E-state index contributed by atoms with van der Waals surface area (Å²) in [6, 6.07) is 2.71. The van der Waals surface area contributed by atoms with Crippen molar-refractivity contribution >= 4 is 11.8 Å². The first-order chi connectivity index (χ1) is 6.63. The predicted molar refractivity (Wildman–Crippen MR) is 62.7 cm³/mol. The van der Waals surface area contributed by atoms with Crippen LogP contribution >= 0.6 is 11.8 Å². The minimum Gasteiger partial charge on any atom is -0.327 e. The van der Waals surface area contributed by atoms with Crippen molar-refractivity contribution in [2.24, 2.45) is 5.73 Å². The molecule has 0 saturated heterocycles. The van der Waals surface area contributed by atoms with Gasteiger partial charge in [-0.15, -0.1) is 0 Å². The van der Waals surface area contributed by atoms with E-state index in [1.807, 2.05) is 10.9 Å². The van der Waals surface area contributed by atoms with Crippen LogP contribution in [0.5, 0.6) is 0 Å². The molecule has 0 fully saturated rings. The molecule has 4 heteroatoms. The summed E-state index contributed by atoms with van der Waals surface area (Å²) in [6.07, 6.45) is 4.97. The maximum absolute atomic E-state index is 5.93. The smallest absolute Gasteiger partial charge is 0.0640 e. The fourth-order valence-corrected chi connectivity index (χ4v) is 1.86. The molecule has 3 nitrogen and oxygen atoms in total. The van der Waals surface area contributed by atoms with Crippen molar-refractivity contribution in [1.82, 2.24) is 9.78 Å². The van der Waals surface area contributed by atoms with Crippen LogP contribution in [0, 0.1) is 0 Å². The summed E-state index contributed by atoms with van der Waals surface area (Å²) in [7, 11) is 0. The molecule has 0 radical (unpaired) electrons. The molecule has 1 rings (SSSR count). The van der Waals surface area contributed by atoms with Crippen LogP contribution in [0.1, 0.15) is 25.6 Å². The molecule has 0 aliphatic heterocycles. The molecule has 0 saturated carbocycles. The van der Waals surface area contributed by atoms with E-state index < -0.39 is 0 Å². The maximum atomic E-state index is 5.93. The van der Waals surface area contributed by atoms with Gasteiger partial charge in [0, 0.05) is 30.5 Å². The van der Waals surface area contributed by atoms with Gasteiger partial charge in [0.05, 0.1) is 5.69 Å². The number of thioether (sulfide) groups is 1. The molecule has 1 aromatic rings. The quantitative estimate of drug-likeness (QED) is 0.809. The lowest BCUT2D eigenvalue weighted by molar-refractivity contribution is 0.523. The van der Waals surface area contributed by atoms with E-state index in [2.05, 4.69) is 31.3 Å². The summed E-state index contributed by atoms with van der Waals surface area (Å²) in [6.45, 7) is 4.25. The minimum absolute atomic E-state index is 0.223. The first kappa shape index (κ1) is 11.6. The van der Waals surface area contributed by atoms with Gasteiger partial charge >= 0.3 is 0 Å². The first-order valence-corrected chi connectivity index (χ1v) is 6.31. The molecule has 14 heavy (non-hydrogen) atoms. The Kier molecular flexibility index (Phi) is 4.48.